The van der Waals surface area contributed by atoms with E-state index >= 15 is 0 Å². The van der Waals surface area contributed by atoms with E-state index in [4.69, 9.17) is 11.6 Å². The van der Waals surface area contributed by atoms with Crippen molar-refractivity contribution < 1.29 is 9.18 Å². The number of amides is 1. The Balaban J connectivity index is 1.82. The van der Waals surface area contributed by atoms with Crippen LogP contribution in [0.15, 0.2) is 24.4 Å². The molecule has 20 heavy (non-hydrogen) atoms. The summed E-state index contributed by atoms with van der Waals surface area (Å²) in [4.78, 5) is 11.9. The summed E-state index contributed by atoms with van der Waals surface area (Å²) in [6.45, 7) is 2.48. The summed E-state index contributed by atoms with van der Waals surface area (Å²) in [6, 6.07) is 3.73. The summed E-state index contributed by atoms with van der Waals surface area (Å²) < 4.78 is 12.9. The fourth-order valence-electron chi connectivity index (χ4n) is 1.88. The van der Waals surface area contributed by atoms with Crippen LogP contribution >= 0.6 is 11.6 Å². The van der Waals surface area contributed by atoms with E-state index in [1.165, 1.54) is 12.1 Å². The molecule has 0 aliphatic carbocycles. The van der Waals surface area contributed by atoms with Crippen molar-refractivity contribution in [3.8, 4) is 0 Å². The molecule has 0 atom stereocenters. The van der Waals surface area contributed by atoms with Gasteiger partial charge in [0.1, 0.15) is 5.82 Å². The molecule has 0 aliphatic heterocycles. The van der Waals surface area contributed by atoms with Crippen LogP contribution in [-0.4, -0.2) is 22.6 Å². The molecule has 0 bridgehead atoms. The molecule has 1 amide bonds. The number of rotatable bonds is 5. The molecule has 2 aromatic rings. The van der Waals surface area contributed by atoms with Gasteiger partial charge in [-0.05, 0) is 43.5 Å². The zero-order valence-electron chi connectivity index (χ0n) is 11.0. The Morgan fingerprint density at radius 1 is 1.50 bits per heavy atom. The average Bonchev–Trinajstić information content (AvgIpc) is 2.80. The first kappa shape index (κ1) is 14.5. The van der Waals surface area contributed by atoms with Gasteiger partial charge in [-0.1, -0.05) is 11.6 Å². The Hall–Kier alpha value is -1.88. The van der Waals surface area contributed by atoms with Crippen molar-refractivity contribution >= 4 is 17.5 Å². The number of aryl methyl sites for hydroxylation is 2. The highest BCUT2D eigenvalue weighted by molar-refractivity contribution is 6.33. The van der Waals surface area contributed by atoms with Gasteiger partial charge in [-0.15, -0.1) is 0 Å². The van der Waals surface area contributed by atoms with E-state index in [0.717, 1.165) is 30.2 Å². The largest absolute Gasteiger partial charge is 0.352 e. The molecule has 0 saturated carbocycles. The summed E-state index contributed by atoms with van der Waals surface area (Å²) in [6.07, 6.45) is 3.42. The molecule has 0 radical (unpaired) electrons. The van der Waals surface area contributed by atoms with Crippen LogP contribution in [0.3, 0.4) is 0 Å². The van der Waals surface area contributed by atoms with Gasteiger partial charge in [-0.2, -0.15) is 5.10 Å². The van der Waals surface area contributed by atoms with Gasteiger partial charge in [-0.3, -0.25) is 9.89 Å². The molecule has 1 aromatic heterocycles. The molecule has 1 heterocycles. The number of aromatic amines is 1. The summed E-state index contributed by atoms with van der Waals surface area (Å²) in [5.74, 6) is -0.749. The number of aromatic nitrogens is 2. The third-order valence-corrected chi connectivity index (χ3v) is 3.33. The van der Waals surface area contributed by atoms with E-state index < -0.39 is 5.82 Å². The van der Waals surface area contributed by atoms with E-state index in [1.54, 1.807) is 6.20 Å². The first-order valence-electron chi connectivity index (χ1n) is 6.30. The average molecular weight is 296 g/mol. The second-order valence-electron chi connectivity index (χ2n) is 4.50. The molecular formula is C14H15ClFN3O. The van der Waals surface area contributed by atoms with Crippen LogP contribution in [0.5, 0.6) is 0 Å². The van der Waals surface area contributed by atoms with E-state index in [9.17, 15) is 9.18 Å². The Bertz CT molecular complexity index is 612. The molecule has 6 heteroatoms. The van der Waals surface area contributed by atoms with Gasteiger partial charge < -0.3 is 5.32 Å². The number of H-pyrrole nitrogens is 1. The second kappa shape index (κ2) is 6.52. The molecule has 0 spiro atoms. The lowest BCUT2D eigenvalue weighted by molar-refractivity contribution is 0.0953. The molecule has 1 aromatic carbocycles. The maximum Gasteiger partial charge on any atom is 0.252 e. The van der Waals surface area contributed by atoms with Gasteiger partial charge in [0, 0.05) is 12.2 Å². The van der Waals surface area contributed by atoms with Crippen LogP contribution in [0.4, 0.5) is 4.39 Å². The fraction of sp³-hybridized carbons (Fsp3) is 0.286. The maximum absolute atomic E-state index is 12.9. The summed E-state index contributed by atoms with van der Waals surface area (Å²) >= 11 is 5.83. The smallest absolute Gasteiger partial charge is 0.252 e. The van der Waals surface area contributed by atoms with Crippen LogP contribution in [0.2, 0.25) is 5.02 Å². The lowest BCUT2D eigenvalue weighted by Gasteiger charge is -2.06. The maximum atomic E-state index is 12.9. The molecular weight excluding hydrogens is 281 g/mol. The Morgan fingerprint density at radius 2 is 2.30 bits per heavy atom. The Labute approximate surface area is 121 Å². The third-order valence-electron chi connectivity index (χ3n) is 3.02. The minimum Gasteiger partial charge on any atom is -0.352 e. The van der Waals surface area contributed by atoms with Gasteiger partial charge >= 0.3 is 0 Å². The fourth-order valence-corrected chi connectivity index (χ4v) is 2.13. The van der Waals surface area contributed by atoms with Crippen molar-refractivity contribution in [2.75, 3.05) is 6.54 Å². The van der Waals surface area contributed by atoms with Crippen LogP contribution in [0.1, 0.15) is 28.0 Å². The summed E-state index contributed by atoms with van der Waals surface area (Å²) in [5, 5.41) is 9.69. The number of hydrogen-bond donors (Lipinski definition) is 2. The van der Waals surface area contributed by atoms with Gasteiger partial charge in [0.2, 0.25) is 0 Å². The minimum atomic E-state index is -0.456. The predicted octanol–water partition coefficient (Wildman–Crippen LogP) is 2.87. The molecule has 0 unspecified atom stereocenters. The second-order valence-corrected chi connectivity index (χ2v) is 4.91. The van der Waals surface area contributed by atoms with Crippen LogP contribution in [0.25, 0.3) is 0 Å². The highest BCUT2D eigenvalue weighted by Crippen LogP contribution is 2.17. The topological polar surface area (TPSA) is 57.8 Å². The summed E-state index contributed by atoms with van der Waals surface area (Å²) in [5.41, 5.74) is 2.46. The van der Waals surface area contributed by atoms with Gasteiger partial charge in [0.05, 0.1) is 16.8 Å². The number of hydrogen-bond acceptors (Lipinski definition) is 2. The number of carbonyl (C=O) groups is 1. The predicted molar refractivity (Wildman–Crippen MR) is 75.4 cm³/mol. The highest BCUT2D eigenvalue weighted by atomic mass is 35.5. The third kappa shape index (κ3) is 3.57. The van der Waals surface area contributed by atoms with Crippen LogP contribution in [0, 0.1) is 12.7 Å². The number of carbonyl (C=O) groups excluding carboxylic acids is 1. The van der Waals surface area contributed by atoms with E-state index in [-0.39, 0.29) is 16.5 Å². The quantitative estimate of drug-likeness (QED) is 0.833. The number of benzene rings is 1. The molecule has 2 rings (SSSR count). The van der Waals surface area contributed by atoms with Crippen LogP contribution < -0.4 is 5.32 Å². The normalized spacial score (nSPS) is 10.6. The monoisotopic (exact) mass is 295 g/mol. The highest BCUT2D eigenvalue weighted by Gasteiger charge is 2.10. The van der Waals surface area contributed by atoms with Crippen molar-refractivity contribution in [1.29, 1.82) is 0 Å². The molecule has 106 valence electrons. The molecule has 0 aliphatic rings. The van der Waals surface area contributed by atoms with E-state index in [1.807, 2.05) is 6.92 Å². The van der Waals surface area contributed by atoms with Crippen molar-refractivity contribution in [3.05, 3.63) is 52.1 Å². The standard InChI is InChI=1S/C14H15ClFN3O/c1-9-10(8-18-19-9)3-2-6-17-14(20)12-5-4-11(16)7-13(12)15/h4-5,7-8H,2-3,6H2,1H3,(H,17,20)(H,18,19). The van der Waals surface area contributed by atoms with Gasteiger partial charge in [-0.25, -0.2) is 4.39 Å². The zero-order chi connectivity index (χ0) is 14.5. The summed E-state index contributed by atoms with van der Waals surface area (Å²) in [7, 11) is 0. The van der Waals surface area contributed by atoms with Gasteiger partial charge in [0.15, 0.2) is 0 Å². The van der Waals surface area contributed by atoms with Crippen LogP contribution in [-0.2, 0) is 6.42 Å². The van der Waals surface area contributed by atoms with Gasteiger partial charge in [0.25, 0.3) is 5.91 Å². The molecule has 0 saturated heterocycles. The zero-order valence-corrected chi connectivity index (χ0v) is 11.8. The first-order chi connectivity index (χ1) is 9.58. The Kier molecular flexibility index (Phi) is 4.74. The van der Waals surface area contributed by atoms with E-state index in [0.29, 0.717) is 6.54 Å². The minimum absolute atomic E-state index is 0.119. The molecule has 4 nitrogen and oxygen atoms in total. The van der Waals surface area contributed by atoms with E-state index in [2.05, 4.69) is 15.5 Å². The lowest BCUT2D eigenvalue weighted by atomic mass is 10.1. The number of nitrogens with one attached hydrogen (secondary N) is 2. The van der Waals surface area contributed by atoms with Crippen molar-refractivity contribution in [1.82, 2.24) is 15.5 Å². The molecule has 2 N–H and O–H groups in total. The number of halogens is 2. The van der Waals surface area contributed by atoms with Crippen molar-refractivity contribution in [2.24, 2.45) is 0 Å². The Morgan fingerprint density at radius 3 is 2.95 bits per heavy atom. The molecule has 0 fully saturated rings. The lowest BCUT2D eigenvalue weighted by Crippen LogP contribution is -2.25. The first-order valence-corrected chi connectivity index (χ1v) is 6.68. The van der Waals surface area contributed by atoms with Crippen molar-refractivity contribution in [2.45, 2.75) is 19.8 Å². The van der Waals surface area contributed by atoms with Crippen molar-refractivity contribution in [3.63, 3.8) is 0 Å². The number of nitrogens with zero attached hydrogens (tertiary/aromatic N) is 1. The SMILES string of the molecule is Cc1[nH]ncc1CCCNC(=O)c1ccc(F)cc1Cl.